The smallest absolute Gasteiger partial charge is 0.215 e. The lowest BCUT2D eigenvalue weighted by atomic mass is 10.2. The summed E-state index contributed by atoms with van der Waals surface area (Å²) in [5, 5.41) is 4.24. The average molecular weight is 183 g/mol. The lowest BCUT2D eigenvalue weighted by Crippen LogP contribution is -2.07. The molecule has 0 spiro atoms. The number of nitrogens with zero attached hydrogens (tertiary/aromatic N) is 2. The zero-order chi connectivity index (χ0) is 9.84. The Labute approximate surface area is 78.7 Å². The molecule has 1 rings (SSSR count). The van der Waals surface area contributed by atoms with E-state index >= 15 is 0 Å². The van der Waals surface area contributed by atoms with E-state index in [0.717, 1.165) is 17.9 Å². The molecule has 4 nitrogen and oxygen atoms in total. The summed E-state index contributed by atoms with van der Waals surface area (Å²) >= 11 is 0. The highest BCUT2D eigenvalue weighted by atomic mass is 16.5. The Morgan fingerprint density at radius 1 is 1.62 bits per heavy atom. The van der Waals surface area contributed by atoms with E-state index in [4.69, 9.17) is 10.5 Å². The Morgan fingerprint density at radius 2 is 2.31 bits per heavy atom. The Bertz CT molecular complexity index is 268. The minimum atomic E-state index is 0.321. The van der Waals surface area contributed by atoms with Crippen LogP contribution in [0.5, 0.6) is 5.88 Å². The molecule has 1 heterocycles. The van der Waals surface area contributed by atoms with E-state index in [1.165, 1.54) is 0 Å². The van der Waals surface area contributed by atoms with Crippen LogP contribution in [0.4, 0.5) is 0 Å². The van der Waals surface area contributed by atoms with Crippen molar-refractivity contribution < 1.29 is 4.74 Å². The van der Waals surface area contributed by atoms with Crippen molar-refractivity contribution in [3.05, 3.63) is 11.8 Å². The van der Waals surface area contributed by atoms with Gasteiger partial charge in [0.2, 0.25) is 5.88 Å². The fourth-order valence-corrected chi connectivity index (χ4v) is 1.31. The summed E-state index contributed by atoms with van der Waals surface area (Å²) in [6.07, 6.45) is 2.64. The van der Waals surface area contributed by atoms with Gasteiger partial charge in [0.25, 0.3) is 0 Å². The normalized spacial score (nSPS) is 10.8. The summed E-state index contributed by atoms with van der Waals surface area (Å²) in [4.78, 5) is 0. The number of ether oxygens (including phenoxy) is 1. The van der Waals surface area contributed by atoms with Gasteiger partial charge in [-0.05, 0) is 26.8 Å². The number of hydrogen-bond acceptors (Lipinski definition) is 3. The molecule has 0 radical (unpaired) electrons. The second-order valence-electron chi connectivity index (χ2n) is 3.26. The third kappa shape index (κ3) is 2.01. The van der Waals surface area contributed by atoms with Crippen LogP contribution < -0.4 is 10.5 Å². The van der Waals surface area contributed by atoms with Crippen LogP contribution in [0.1, 0.15) is 25.5 Å². The molecule has 0 aliphatic heterocycles. The van der Waals surface area contributed by atoms with Crippen molar-refractivity contribution >= 4 is 0 Å². The van der Waals surface area contributed by atoms with Gasteiger partial charge in [-0.1, -0.05) is 0 Å². The monoisotopic (exact) mass is 183 g/mol. The molecule has 1 aromatic heterocycles. The molecule has 0 aliphatic rings. The van der Waals surface area contributed by atoms with Crippen molar-refractivity contribution in [3.63, 3.8) is 0 Å². The molecule has 0 unspecified atom stereocenters. The molecule has 0 aliphatic carbocycles. The summed E-state index contributed by atoms with van der Waals surface area (Å²) in [5.74, 6) is 0.834. The lowest BCUT2D eigenvalue weighted by Gasteiger charge is -2.10. The Hall–Kier alpha value is -1.03. The van der Waals surface area contributed by atoms with E-state index in [0.29, 0.717) is 12.6 Å². The van der Waals surface area contributed by atoms with Crippen LogP contribution in [0.25, 0.3) is 0 Å². The van der Waals surface area contributed by atoms with Crippen LogP contribution in [0, 0.1) is 0 Å². The van der Waals surface area contributed by atoms with Crippen LogP contribution in [0.15, 0.2) is 6.20 Å². The van der Waals surface area contributed by atoms with Crippen LogP contribution in [0.3, 0.4) is 0 Å². The molecule has 2 N–H and O–H groups in total. The predicted molar refractivity (Wildman–Crippen MR) is 51.9 cm³/mol. The maximum Gasteiger partial charge on any atom is 0.215 e. The van der Waals surface area contributed by atoms with E-state index < -0.39 is 0 Å². The predicted octanol–water partition coefficient (Wildman–Crippen LogP) is 0.974. The molecule has 1 aromatic rings. The summed E-state index contributed by atoms with van der Waals surface area (Å²) in [5.41, 5.74) is 6.56. The van der Waals surface area contributed by atoms with Gasteiger partial charge in [-0.15, -0.1) is 0 Å². The Balaban J connectivity index is 2.96. The lowest BCUT2D eigenvalue weighted by molar-refractivity contribution is 0.342. The SMILES string of the molecule is COc1c(CCN)cnn1C(C)C. The van der Waals surface area contributed by atoms with Crippen molar-refractivity contribution in [2.45, 2.75) is 26.3 Å². The average Bonchev–Trinajstić information content (AvgIpc) is 2.48. The second-order valence-corrected chi connectivity index (χ2v) is 3.26. The van der Waals surface area contributed by atoms with E-state index in [-0.39, 0.29) is 0 Å². The largest absolute Gasteiger partial charge is 0.481 e. The highest BCUT2D eigenvalue weighted by Crippen LogP contribution is 2.21. The molecule has 0 aromatic carbocycles. The molecule has 4 heteroatoms. The Kier molecular flexibility index (Phi) is 3.31. The molecule has 0 fully saturated rings. The molecule has 74 valence electrons. The van der Waals surface area contributed by atoms with E-state index in [1.54, 1.807) is 7.11 Å². The molecular weight excluding hydrogens is 166 g/mol. The molecule has 0 saturated heterocycles. The molecular formula is C9H17N3O. The maximum atomic E-state index is 5.48. The third-order valence-corrected chi connectivity index (χ3v) is 1.92. The molecule has 0 bridgehead atoms. The van der Waals surface area contributed by atoms with Gasteiger partial charge in [-0.3, -0.25) is 0 Å². The van der Waals surface area contributed by atoms with Crippen molar-refractivity contribution in [2.75, 3.05) is 13.7 Å². The van der Waals surface area contributed by atoms with E-state index in [9.17, 15) is 0 Å². The van der Waals surface area contributed by atoms with Crippen molar-refractivity contribution in [1.29, 1.82) is 0 Å². The summed E-state index contributed by atoms with van der Waals surface area (Å²) < 4.78 is 7.14. The first-order chi connectivity index (χ1) is 6.20. The fraction of sp³-hybridized carbons (Fsp3) is 0.667. The van der Waals surface area contributed by atoms with E-state index in [2.05, 4.69) is 18.9 Å². The van der Waals surface area contributed by atoms with Crippen LogP contribution in [0.2, 0.25) is 0 Å². The first kappa shape index (κ1) is 10.1. The first-order valence-electron chi connectivity index (χ1n) is 4.51. The van der Waals surface area contributed by atoms with Gasteiger partial charge in [0, 0.05) is 5.56 Å². The van der Waals surface area contributed by atoms with E-state index in [1.807, 2.05) is 10.9 Å². The van der Waals surface area contributed by atoms with Crippen molar-refractivity contribution in [1.82, 2.24) is 9.78 Å². The number of nitrogens with two attached hydrogens (primary N) is 1. The number of rotatable bonds is 4. The molecule has 13 heavy (non-hydrogen) atoms. The van der Waals surface area contributed by atoms with Gasteiger partial charge in [-0.2, -0.15) is 5.10 Å². The quantitative estimate of drug-likeness (QED) is 0.756. The van der Waals surface area contributed by atoms with Gasteiger partial charge in [0.05, 0.1) is 19.3 Å². The summed E-state index contributed by atoms with van der Waals surface area (Å²) in [6, 6.07) is 0.321. The van der Waals surface area contributed by atoms with Crippen LogP contribution >= 0.6 is 0 Å². The maximum absolute atomic E-state index is 5.48. The number of aromatic nitrogens is 2. The van der Waals surface area contributed by atoms with Gasteiger partial charge in [0.15, 0.2) is 0 Å². The van der Waals surface area contributed by atoms with Gasteiger partial charge in [0.1, 0.15) is 0 Å². The van der Waals surface area contributed by atoms with Crippen molar-refractivity contribution in [2.24, 2.45) is 5.73 Å². The Morgan fingerprint density at radius 3 is 2.77 bits per heavy atom. The van der Waals surface area contributed by atoms with Gasteiger partial charge < -0.3 is 10.5 Å². The van der Waals surface area contributed by atoms with Crippen LogP contribution in [-0.4, -0.2) is 23.4 Å². The van der Waals surface area contributed by atoms with Crippen molar-refractivity contribution in [3.8, 4) is 5.88 Å². The topological polar surface area (TPSA) is 53.1 Å². The molecule has 0 atom stereocenters. The first-order valence-corrected chi connectivity index (χ1v) is 4.51. The third-order valence-electron chi connectivity index (χ3n) is 1.92. The second kappa shape index (κ2) is 4.28. The zero-order valence-corrected chi connectivity index (χ0v) is 8.45. The van der Waals surface area contributed by atoms with Gasteiger partial charge >= 0.3 is 0 Å². The summed E-state index contributed by atoms with van der Waals surface area (Å²) in [7, 11) is 1.66. The van der Waals surface area contributed by atoms with Gasteiger partial charge in [-0.25, -0.2) is 4.68 Å². The minimum Gasteiger partial charge on any atom is -0.481 e. The number of methoxy groups -OCH3 is 1. The zero-order valence-electron chi connectivity index (χ0n) is 8.45. The standard InChI is InChI=1S/C9H17N3O/c1-7(2)12-9(13-3)8(4-5-10)6-11-12/h6-7H,4-5,10H2,1-3H3. The summed E-state index contributed by atoms with van der Waals surface area (Å²) in [6.45, 7) is 4.77. The fourth-order valence-electron chi connectivity index (χ4n) is 1.31. The minimum absolute atomic E-state index is 0.321. The number of hydrogen-bond donors (Lipinski definition) is 1. The molecule has 0 amide bonds. The highest BCUT2D eigenvalue weighted by molar-refractivity contribution is 5.25. The highest BCUT2D eigenvalue weighted by Gasteiger charge is 2.12. The molecule has 0 saturated carbocycles. The van der Waals surface area contributed by atoms with Crippen LogP contribution in [-0.2, 0) is 6.42 Å².